The van der Waals surface area contributed by atoms with Crippen LogP contribution in [0, 0.1) is 12.3 Å². The second-order valence-electron chi connectivity index (χ2n) is 4.71. The van der Waals surface area contributed by atoms with Gasteiger partial charge in [0.2, 0.25) is 5.91 Å². The quantitative estimate of drug-likeness (QED) is 0.790. The molecule has 1 amide bonds. The van der Waals surface area contributed by atoms with E-state index in [2.05, 4.69) is 10.3 Å². The first kappa shape index (κ1) is 12.0. The van der Waals surface area contributed by atoms with Gasteiger partial charge in [0.1, 0.15) is 5.82 Å². The number of hydrogen-bond donors (Lipinski definition) is 2. The van der Waals surface area contributed by atoms with Gasteiger partial charge in [-0.1, -0.05) is 6.07 Å². The number of hydrogen-bond acceptors (Lipinski definition) is 4. The number of amides is 1. The molecule has 1 fully saturated rings. The largest absolute Gasteiger partial charge is 0.379 e. The molecule has 5 heteroatoms. The summed E-state index contributed by atoms with van der Waals surface area (Å²) in [5, 5.41) is 2.77. The molecule has 5 nitrogen and oxygen atoms in total. The Morgan fingerprint density at radius 2 is 2.41 bits per heavy atom. The molecule has 0 aliphatic carbocycles. The summed E-state index contributed by atoms with van der Waals surface area (Å²) in [6.07, 6.45) is 1.71. The van der Waals surface area contributed by atoms with Crippen LogP contribution in [0.1, 0.15) is 12.5 Å². The van der Waals surface area contributed by atoms with Gasteiger partial charge in [0, 0.05) is 12.2 Å². The zero-order chi connectivity index (χ0) is 12.5. The number of anilines is 1. The molecule has 1 aliphatic heterocycles. The Morgan fingerprint density at radius 1 is 1.65 bits per heavy atom. The van der Waals surface area contributed by atoms with Gasteiger partial charge in [-0.3, -0.25) is 4.79 Å². The lowest BCUT2D eigenvalue weighted by Crippen LogP contribution is -2.47. The molecule has 17 heavy (non-hydrogen) atoms. The summed E-state index contributed by atoms with van der Waals surface area (Å²) in [6, 6.07) is 3.40. The van der Waals surface area contributed by atoms with Crippen molar-refractivity contribution in [3.05, 3.63) is 23.9 Å². The van der Waals surface area contributed by atoms with Gasteiger partial charge >= 0.3 is 0 Å². The van der Waals surface area contributed by atoms with E-state index in [1.165, 1.54) is 0 Å². The van der Waals surface area contributed by atoms with E-state index in [0.29, 0.717) is 19.0 Å². The number of nitrogens with zero attached hydrogens (tertiary/aromatic N) is 1. The van der Waals surface area contributed by atoms with E-state index in [1.807, 2.05) is 19.9 Å². The van der Waals surface area contributed by atoms with Gasteiger partial charge in [0.05, 0.1) is 18.6 Å². The molecule has 0 spiro atoms. The number of carbonyl (C=O) groups excluding carboxylic acids is 1. The van der Waals surface area contributed by atoms with Crippen LogP contribution < -0.4 is 11.1 Å². The average Bonchev–Trinajstić information content (AvgIpc) is 2.64. The summed E-state index contributed by atoms with van der Waals surface area (Å²) in [5.74, 6) is 0.403. The molecule has 0 aromatic carbocycles. The molecule has 0 radical (unpaired) electrons. The lowest BCUT2D eigenvalue weighted by molar-refractivity contribution is -0.125. The first-order valence-corrected chi connectivity index (χ1v) is 5.60. The predicted octanol–water partition coefficient (Wildman–Crippen LogP) is 0.692. The summed E-state index contributed by atoms with van der Waals surface area (Å²) in [5.41, 5.74) is 6.26. The van der Waals surface area contributed by atoms with Crippen LogP contribution in [0.2, 0.25) is 0 Å². The summed E-state index contributed by atoms with van der Waals surface area (Å²) >= 11 is 0. The van der Waals surface area contributed by atoms with E-state index in [4.69, 9.17) is 10.5 Å². The summed E-state index contributed by atoms with van der Waals surface area (Å²) in [7, 11) is 0. The van der Waals surface area contributed by atoms with Crippen LogP contribution in [-0.2, 0) is 9.53 Å². The zero-order valence-electron chi connectivity index (χ0n) is 10.1. The molecular weight excluding hydrogens is 218 g/mol. The van der Waals surface area contributed by atoms with Crippen molar-refractivity contribution in [1.29, 1.82) is 0 Å². The number of ether oxygens (including phenoxy) is 1. The molecule has 0 bridgehead atoms. The van der Waals surface area contributed by atoms with Crippen molar-refractivity contribution < 1.29 is 9.53 Å². The van der Waals surface area contributed by atoms with Gasteiger partial charge in [-0.15, -0.1) is 0 Å². The molecule has 1 aliphatic rings. The maximum absolute atomic E-state index is 12.1. The Labute approximate surface area is 100 Å². The van der Waals surface area contributed by atoms with E-state index in [1.54, 1.807) is 12.3 Å². The molecule has 2 atom stereocenters. The van der Waals surface area contributed by atoms with Crippen LogP contribution in [0.4, 0.5) is 5.82 Å². The highest BCUT2D eigenvalue weighted by Gasteiger charge is 2.44. The highest BCUT2D eigenvalue weighted by atomic mass is 16.5. The SMILES string of the molecule is Cc1ccc(NC(=O)C2(C)COCC2N)nc1. The fraction of sp³-hybridized carbons (Fsp3) is 0.500. The number of aromatic nitrogens is 1. The smallest absolute Gasteiger partial charge is 0.235 e. The highest BCUT2D eigenvalue weighted by Crippen LogP contribution is 2.28. The number of nitrogens with two attached hydrogens (primary N) is 1. The molecule has 3 N–H and O–H groups in total. The number of rotatable bonds is 2. The molecule has 2 rings (SSSR count). The maximum Gasteiger partial charge on any atom is 0.235 e. The van der Waals surface area contributed by atoms with E-state index in [-0.39, 0.29) is 11.9 Å². The Morgan fingerprint density at radius 3 is 2.94 bits per heavy atom. The van der Waals surface area contributed by atoms with Gasteiger partial charge < -0.3 is 15.8 Å². The molecule has 2 heterocycles. The molecule has 0 saturated carbocycles. The van der Waals surface area contributed by atoms with Crippen LogP contribution in [0.5, 0.6) is 0 Å². The van der Waals surface area contributed by atoms with Gasteiger partial charge in [-0.2, -0.15) is 0 Å². The maximum atomic E-state index is 12.1. The van der Waals surface area contributed by atoms with Crippen LogP contribution in [-0.4, -0.2) is 30.1 Å². The molecule has 1 aromatic rings. The number of pyridine rings is 1. The van der Waals surface area contributed by atoms with Crippen molar-refractivity contribution in [3.8, 4) is 0 Å². The van der Waals surface area contributed by atoms with E-state index in [0.717, 1.165) is 5.56 Å². The van der Waals surface area contributed by atoms with Gasteiger partial charge in [-0.05, 0) is 25.5 Å². The van der Waals surface area contributed by atoms with Crippen molar-refractivity contribution in [2.24, 2.45) is 11.1 Å². The molecule has 1 saturated heterocycles. The minimum absolute atomic E-state index is 0.140. The lowest BCUT2D eigenvalue weighted by atomic mass is 9.85. The van der Waals surface area contributed by atoms with E-state index >= 15 is 0 Å². The second kappa shape index (κ2) is 4.43. The fourth-order valence-corrected chi connectivity index (χ4v) is 1.72. The molecule has 2 unspecified atom stereocenters. The van der Waals surface area contributed by atoms with E-state index in [9.17, 15) is 4.79 Å². The third kappa shape index (κ3) is 2.30. The standard InChI is InChI=1S/C12H17N3O2/c1-8-3-4-10(14-5-8)15-11(16)12(2)7-17-6-9(12)13/h3-5,9H,6-7,13H2,1-2H3,(H,14,15,16). The third-order valence-electron chi connectivity index (χ3n) is 3.19. The third-order valence-corrected chi connectivity index (χ3v) is 3.19. The van der Waals surface area contributed by atoms with Crippen LogP contribution >= 0.6 is 0 Å². The summed E-state index contributed by atoms with van der Waals surface area (Å²) < 4.78 is 5.24. The van der Waals surface area contributed by atoms with Gasteiger partial charge in [-0.25, -0.2) is 4.98 Å². The minimum atomic E-state index is -0.674. The normalized spacial score (nSPS) is 28.1. The fourth-order valence-electron chi connectivity index (χ4n) is 1.72. The monoisotopic (exact) mass is 235 g/mol. The topological polar surface area (TPSA) is 77.2 Å². The van der Waals surface area contributed by atoms with Crippen molar-refractivity contribution in [2.45, 2.75) is 19.9 Å². The number of carbonyl (C=O) groups is 1. The van der Waals surface area contributed by atoms with Crippen LogP contribution in [0.15, 0.2) is 18.3 Å². The van der Waals surface area contributed by atoms with Gasteiger partial charge in [0.15, 0.2) is 0 Å². The first-order chi connectivity index (χ1) is 8.02. The highest BCUT2D eigenvalue weighted by molar-refractivity contribution is 5.95. The van der Waals surface area contributed by atoms with Crippen LogP contribution in [0.3, 0.4) is 0 Å². The molecular formula is C12H17N3O2. The van der Waals surface area contributed by atoms with Gasteiger partial charge in [0.25, 0.3) is 0 Å². The first-order valence-electron chi connectivity index (χ1n) is 5.60. The van der Waals surface area contributed by atoms with E-state index < -0.39 is 5.41 Å². The van der Waals surface area contributed by atoms with Crippen molar-refractivity contribution in [2.75, 3.05) is 18.5 Å². The second-order valence-corrected chi connectivity index (χ2v) is 4.71. The average molecular weight is 235 g/mol. The Bertz CT molecular complexity index is 418. The van der Waals surface area contributed by atoms with Crippen molar-refractivity contribution in [3.63, 3.8) is 0 Å². The molecule has 1 aromatic heterocycles. The summed E-state index contributed by atoms with van der Waals surface area (Å²) in [6.45, 7) is 4.53. The Kier molecular flexibility index (Phi) is 3.13. The number of aryl methyl sites for hydroxylation is 1. The Balaban J connectivity index is 2.09. The zero-order valence-corrected chi connectivity index (χ0v) is 10.1. The summed E-state index contributed by atoms with van der Waals surface area (Å²) in [4.78, 5) is 16.3. The Hall–Kier alpha value is -1.46. The number of nitrogens with one attached hydrogen (secondary N) is 1. The van der Waals surface area contributed by atoms with Crippen LogP contribution in [0.25, 0.3) is 0 Å². The molecule has 92 valence electrons. The van der Waals surface area contributed by atoms with Crippen molar-refractivity contribution >= 4 is 11.7 Å². The van der Waals surface area contributed by atoms with Crippen molar-refractivity contribution in [1.82, 2.24) is 4.98 Å². The minimum Gasteiger partial charge on any atom is -0.379 e. The lowest BCUT2D eigenvalue weighted by Gasteiger charge is -2.25. The predicted molar refractivity (Wildman–Crippen MR) is 64.5 cm³/mol.